The highest BCUT2D eigenvalue weighted by molar-refractivity contribution is 5.89. The van der Waals surface area contributed by atoms with Crippen molar-refractivity contribution in [2.45, 2.75) is 51.6 Å². The van der Waals surface area contributed by atoms with E-state index in [2.05, 4.69) is 43.2 Å². The van der Waals surface area contributed by atoms with Gasteiger partial charge in [0.1, 0.15) is 5.54 Å². The third-order valence-corrected chi connectivity index (χ3v) is 6.97. The van der Waals surface area contributed by atoms with Crippen LogP contribution in [0.2, 0.25) is 0 Å². The Kier molecular flexibility index (Phi) is 5.98. The molecule has 0 bridgehead atoms. The van der Waals surface area contributed by atoms with Crippen LogP contribution in [0.3, 0.4) is 0 Å². The lowest BCUT2D eigenvalue weighted by molar-refractivity contribution is -0.151. The molecule has 2 N–H and O–H groups in total. The number of rotatable bonds is 6. The van der Waals surface area contributed by atoms with Gasteiger partial charge in [0.15, 0.2) is 0 Å². The van der Waals surface area contributed by atoms with Crippen molar-refractivity contribution in [3.63, 3.8) is 0 Å². The maximum atomic E-state index is 13.6. The number of carbonyl (C=O) groups excluding carboxylic acids is 2. The highest BCUT2D eigenvalue weighted by Gasteiger charge is 2.50. The monoisotopic (exact) mass is 386 g/mol. The minimum absolute atomic E-state index is 0.0510. The van der Waals surface area contributed by atoms with E-state index in [1.54, 1.807) is 4.90 Å². The van der Waals surface area contributed by atoms with E-state index in [0.717, 1.165) is 31.5 Å². The van der Waals surface area contributed by atoms with Gasteiger partial charge in [-0.3, -0.25) is 9.59 Å². The molecule has 6 heteroatoms. The first-order chi connectivity index (χ1) is 13.5. The molecular weight excluding hydrogens is 352 g/mol. The Morgan fingerprint density at radius 1 is 1.32 bits per heavy atom. The molecule has 0 aromatic carbocycles. The average molecular weight is 387 g/mol. The molecule has 0 saturated carbocycles. The molecule has 3 aliphatic rings. The van der Waals surface area contributed by atoms with Crippen LogP contribution in [0.25, 0.3) is 0 Å². The van der Waals surface area contributed by atoms with Gasteiger partial charge in [0.2, 0.25) is 12.3 Å². The molecule has 0 aliphatic carbocycles. The Hall–Kier alpha value is -2.08. The van der Waals surface area contributed by atoms with Gasteiger partial charge in [-0.1, -0.05) is 32.1 Å². The molecule has 3 aliphatic heterocycles. The Bertz CT molecular complexity index is 701. The summed E-state index contributed by atoms with van der Waals surface area (Å²) in [5.74, 6) is 0.0536. The number of nitrogens with one attached hydrogen (secondary N) is 2. The van der Waals surface area contributed by atoms with Crippen molar-refractivity contribution in [2.75, 3.05) is 32.7 Å². The number of piperazine rings is 1. The van der Waals surface area contributed by atoms with E-state index < -0.39 is 5.54 Å². The van der Waals surface area contributed by atoms with E-state index in [-0.39, 0.29) is 17.4 Å². The summed E-state index contributed by atoms with van der Waals surface area (Å²) in [4.78, 5) is 28.9. The van der Waals surface area contributed by atoms with Crippen LogP contribution in [0.1, 0.15) is 40.0 Å². The first kappa shape index (κ1) is 20.6. The molecule has 2 amide bonds. The lowest BCUT2D eigenvalue weighted by Gasteiger charge is -2.47. The normalized spacial score (nSPS) is 33.0. The fourth-order valence-electron chi connectivity index (χ4n) is 5.34. The van der Waals surface area contributed by atoms with Gasteiger partial charge in [-0.05, 0) is 31.8 Å². The predicted molar refractivity (Wildman–Crippen MR) is 112 cm³/mol. The Morgan fingerprint density at radius 3 is 2.71 bits per heavy atom. The van der Waals surface area contributed by atoms with Crippen molar-refractivity contribution in [2.24, 2.45) is 5.41 Å². The second kappa shape index (κ2) is 8.11. The Morgan fingerprint density at radius 2 is 2.11 bits per heavy atom. The molecule has 3 rings (SSSR count). The first-order valence-electron chi connectivity index (χ1n) is 10.5. The molecule has 1 fully saturated rings. The molecule has 0 radical (unpaired) electrons. The van der Waals surface area contributed by atoms with Crippen molar-refractivity contribution in [1.29, 1.82) is 0 Å². The SMILES string of the molecule is C=CC1NC2=C(CCN(C(=O)C3(CC)CNCCN3C=O)C2)C1(/C=C\C)CC. The first-order valence-corrected chi connectivity index (χ1v) is 10.5. The van der Waals surface area contributed by atoms with Gasteiger partial charge in [-0.15, -0.1) is 6.58 Å². The van der Waals surface area contributed by atoms with Crippen LogP contribution in [0, 0.1) is 5.41 Å². The summed E-state index contributed by atoms with van der Waals surface area (Å²) in [6.45, 7) is 13.4. The Balaban J connectivity index is 1.89. The van der Waals surface area contributed by atoms with Gasteiger partial charge >= 0.3 is 0 Å². The zero-order valence-electron chi connectivity index (χ0n) is 17.5. The number of hydrogen-bond donors (Lipinski definition) is 2. The van der Waals surface area contributed by atoms with E-state index in [4.69, 9.17) is 0 Å². The molecular formula is C22H34N4O2. The fraction of sp³-hybridized carbons (Fsp3) is 0.636. The highest BCUT2D eigenvalue weighted by Crippen LogP contribution is 2.47. The third-order valence-electron chi connectivity index (χ3n) is 6.97. The lowest BCUT2D eigenvalue weighted by atomic mass is 9.71. The van der Waals surface area contributed by atoms with Crippen LogP contribution in [0.4, 0.5) is 0 Å². The number of carbonyl (C=O) groups is 2. The quantitative estimate of drug-likeness (QED) is 0.540. The maximum Gasteiger partial charge on any atom is 0.250 e. The summed E-state index contributed by atoms with van der Waals surface area (Å²) in [5, 5.41) is 6.94. The minimum atomic E-state index is -0.778. The Labute approximate surface area is 168 Å². The van der Waals surface area contributed by atoms with E-state index in [0.29, 0.717) is 32.6 Å². The second-order valence-electron chi connectivity index (χ2n) is 8.05. The fourth-order valence-corrected chi connectivity index (χ4v) is 5.34. The number of amides is 2. The predicted octanol–water partition coefficient (Wildman–Crippen LogP) is 1.81. The van der Waals surface area contributed by atoms with Crippen molar-refractivity contribution in [1.82, 2.24) is 20.4 Å². The van der Waals surface area contributed by atoms with E-state index in [1.807, 2.05) is 17.9 Å². The molecule has 0 spiro atoms. The van der Waals surface area contributed by atoms with Crippen LogP contribution >= 0.6 is 0 Å². The topological polar surface area (TPSA) is 64.7 Å². The number of allylic oxidation sites excluding steroid dienone is 1. The average Bonchev–Trinajstić information content (AvgIpc) is 3.06. The van der Waals surface area contributed by atoms with Crippen molar-refractivity contribution in [3.8, 4) is 0 Å². The molecule has 28 heavy (non-hydrogen) atoms. The third kappa shape index (κ3) is 2.98. The molecule has 6 nitrogen and oxygen atoms in total. The zero-order valence-corrected chi connectivity index (χ0v) is 17.5. The molecule has 1 saturated heterocycles. The molecule has 3 atom stereocenters. The smallest absolute Gasteiger partial charge is 0.250 e. The van der Waals surface area contributed by atoms with Crippen molar-refractivity contribution >= 4 is 12.3 Å². The molecule has 154 valence electrons. The number of hydrogen-bond acceptors (Lipinski definition) is 4. The summed E-state index contributed by atoms with van der Waals surface area (Å²) in [7, 11) is 0. The molecule has 3 unspecified atom stereocenters. The minimum Gasteiger partial charge on any atom is -0.379 e. The van der Waals surface area contributed by atoms with Crippen LogP contribution in [-0.4, -0.2) is 66.4 Å². The van der Waals surface area contributed by atoms with Crippen LogP contribution in [0.15, 0.2) is 36.1 Å². The summed E-state index contributed by atoms with van der Waals surface area (Å²) in [5.41, 5.74) is 1.73. The maximum absolute atomic E-state index is 13.6. The van der Waals surface area contributed by atoms with E-state index in [9.17, 15) is 9.59 Å². The van der Waals surface area contributed by atoms with Gasteiger partial charge in [-0.25, -0.2) is 0 Å². The van der Waals surface area contributed by atoms with Gasteiger partial charge in [0, 0.05) is 37.3 Å². The largest absolute Gasteiger partial charge is 0.379 e. The summed E-state index contributed by atoms with van der Waals surface area (Å²) >= 11 is 0. The van der Waals surface area contributed by atoms with E-state index in [1.165, 1.54) is 5.57 Å². The van der Waals surface area contributed by atoms with Gasteiger partial charge in [0.05, 0.1) is 12.6 Å². The van der Waals surface area contributed by atoms with Crippen molar-refractivity contribution < 1.29 is 9.59 Å². The van der Waals surface area contributed by atoms with Crippen LogP contribution < -0.4 is 10.6 Å². The number of nitrogens with zero attached hydrogens (tertiary/aromatic N) is 2. The molecule has 0 aromatic heterocycles. The summed E-state index contributed by atoms with van der Waals surface area (Å²) in [6.07, 6.45) is 9.70. The summed E-state index contributed by atoms with van der Waals surface area (Å²) in [6, 6.07) is 0.150. The van der Waals surface area contributed by atoms with Gasteiger partial charge in [-0.2, -0.15) is 0 Å². The van der Waals surface area contributed by atoms with Crippen LogP contribution in [-0.2, 0) is 9.59 Å². The zero-order chi connectivity index (χ0) is 20.4. The van der Waals surface area contributed by atoms with E-state index >= 15 is 0 Å². The summed E-state index contributed by atoms with van der Waals surface area (Å²) < 4.78 is 0. The van der Waals surface area contributed by atoms with Crippen molar-refractivity contribution in [3.05, 3.63) is 36.1 Å². The molecule has 0 aromatic rings. The highest BCUT2D eigenvalue weighted by atomic mass is 16.2. The second-order valence-corrected chi connectivity index (χ2v) is 8.05. The standard InChI is InChI=1S/C22H34N4O2/c1-5-10-21(7-3)17-9-12-25(14-18(17)24-19(21)6-2)20(28)22(8-4)15-23-11-13-26(22)16-27/h5-6,10,16,19,23-24H,2,7-9,11-15H2,1,3-4H3/b10-5-. The van der Waals surface area contributed by atoms with Gasteiger partial charge in [0.25, 0.3) is 0 Å². The molecule has 3 heterocycles. The lowest BCUT2D eigenvalue weighted by Crippen LogP contribution is -2.68. The van der Waals surface area contributed by atoms with Gasteiger partial charge < -0.3 is 20.4 Å². The van der Waals surface area contributed by atoms with Crippen LogP contribution in [0.5, 0.6) is 0 Å².